The number of nitrogens with one attached hydrogen (secondary N) is 3. The first kappa shape index (κ1) is 10.8. The van der Waals surface area contributed by atoms with E-state index < -0.39 is 0 Å². The Bertz CT molecular complexity index is 526. The van der Waals surface area contributed by atoms with Crippen LogP contribution in [0.5, 0.6) is 0 Å². The predicted octanol–water partition coefficient (Wildman–Crippen LogP) is 0.830. The molecule has 2 aromatic rings. The van der Waals surface area contributed by atoms with E-state index in [0.717, 1.165) is 29.8 Å². The molecular weight excluding hydrogens is 204 g/mol. The number of aromatic nitrogens is 2. The first-order valence-electron chi connectivity index (χ1n) is 5.26. The molecule has 0 saturated carbocycles. The summed E-state index contributed by atoms with van der Waals surface area (Å²) in [4.78, 5) is 18.6. The van der Waals surface area contributed by atoms with Crippen molar-refractivity contribution >= 4 is 16.7 Å². The number of fused-ring (bicyclic) bond motifs is 1. The molecule has 0 aliphatic heterocycles. The molecule has 0 spiro atoms. The fourth-order valence-corrected chi connectivity index (χ4v) is 1.57. The van der Waals surface area contributed by atoms with Crippen LogP contribution in [0.25, 0.3) is 11.0 Å². The van der Waals surface area contributed by atoms with Crippen LogP contribution in [0.4, 0.5) is 5.69 Å². The van der Waals surface area contributed by atoms with Gasteiger partial charge in [0.15, 0.2) is 0 Å². The van der Waals surface area contributed by atoms with Crippen LogP contribution < -0.4 is 11.0 Å². The average Bonchev–Trinajstić information content (AvgIpc) is 2.56. The van der Waals surface area contributed by atoms with Gasteiger partial charge in [0.05, 0.1) is 11.0 Å². The van der Waals surface area contributed by atoms with Crippen LogP contribution in [0.3, 0.4) is 0 Å². The molecule has 0 aliphatic carbocycles. The normalized spacial score (nSPS) is 11.2. The number of benzene rings is 1. The van der Waals surface area contributed by atoms with E-state index in [4.69, 9.17) is 0 Å². The van der Waals surface area contributed by atoms with Gasteiger partial charge in [0.25, 0.3) is 0 Å². The van der Waals surface area contributed by atoms with Crippen molar-refractivity contribution in [3.05, 3.63) is 28.7 Å². The highest BCUT2D eigenvalue weighted by Crippen LogP contribution is 2.13. The second-order valence-electron chi connectivity index (χ2n) is 4.07. The number of rotatable bonds is 4. The van der Waals surface area contributed by atoms with E-state index in [9.17, 15) is 4.79 Å². The number of aromatic amines is 2. The molecule has 1 heterocycles. The number of anilines is 1. The average molecular weight is 220 g/mol. The van der Waals surface area contributed by atoms with Crippen molar-refractivity contribution in [3.8, 4) is 0 Å². The Morgan fingerprint density at radius 2 is 2.00 bits per heavy atom. The lowest BCUT2D eigenvalue weighted by molar-refractivity contribution is 0.425. The van der Waals surface area contributed by atoms with Gasteiger partial charge < -0.3 is 20.2 Å². The van der Waals surface area contributed by atoms with Crippen molar-refractivity contribution in [2.24, 2.45) is 0 Å². The van der Waals surface area contributed by atoms with E-state index in [2.05, 4.69) is 20.2 Å². The molecule has 0 aliphatic rings. The molecular formula is C11H16N4O. The van der Waals surface area contributed by atoms with E-state index in [0.29, 0.717) is 0 Å². The minimum absolute atomic E-state index is 0.166. The molecule has 5 nitrogen and oxygen atoms in total. The van der Waals surface area contributed by atoms with Crippen LogP contribution in [0.2, 0.25) is 0 Å². The zero-order valence-electron chi connectivity index (χ0n) is 9.50. The van der Waals surface area contributed by atoms with Gasteiger partial charge in [0.1, 0.15) is 0 Å². The molecule has 16 heavy (non-hydrogen) atoms. The molecule has 0 saturated heterocycles. The molecule has 0 bridgehead atoms. The van der Waals surface area contributed by atoms with Gasteiger partial charge in [-0.3, -0.25) is 0 Å². The third-order valence-corrected chi connectivity index (χ3v) is 2.40. The molecule has 0 atom stereocenters. The van der Waals surface area contributed by atoms with Gasteiger partial charge in [-0.15, -0.1) is 0 Å². The topological polar surface area (TPSA) is 63.9 Å². The Kier molecular flexibility index (Phi) is 2.96. The van der Waals surface area contributed by atoms with Crippen LogP contribution in [0, 0.1) is 0 Å². The van der Waals surface area contributed by atoms with Gasteiger partial charge in [-0.2, -0.15) is 0 Å². The Labute approximate surface area is 93.5 Å². The van der Waals surface area contributed by atoms with E-state index in [1.807, 2.05) is 32.3 Å². The molecule has 2 rings (SSSR count). The standard InChI is InChI=1S/C11H16N4O/c1-15(2)6-5-12-8-3-4-9-10(7-8)14-11(16)13-9/h3-4,7,12H,5-6H2,1-2H3,(H2,13,14,16). The number of hydrogen-bond donors (Lipinski definition) is 3. The molecule has 5 heteroatoms. The minimum Gasteiger partial charge on any atom is -0.384 e. The van der Waals surface area contributed by atoms with E-state index >= 15 is 0 Å². The third-order valence-electron chi connectivity index (χ3n) is 2.40. The number of nitrogens with zero attached hydrogens (tertiary/aromatic N) is 1. The number of likely N-dealkylation sites (N-methyl/N-ethyl adjacent to an activating group) is 1. The van der Waals surface area contributed by atoms with Gasteiger partial charge in [0, 0.05) is 18.8 Å². The summed E-state index contributed by atoms with van der Waals surface area (Å²) in [5.41, 5.74) is 2.52. The summed E-state index contributed by atoms with van der Waals surface area (Å²) in [7, 11) is 4.07. The van der Waals surface area contributed by atoms with Crippen molar-refractivity contribution < 1.29 is 0 Å². The molecule has 0 unspecified atom stereocenters. The summed E-state index contributed by atoms with van der Waals surface area (Å²) < 4.78 is 0. The second-order valence-corrected chi connectivity index (χ2v) is 4.07. The zero-order valence-corrected chi connectivity index (χ0v) is 9.50. The van der Waals surface area contributed by atoms with Crippen molar-refractivity contribution in [2.75, 3.05) is 32.5 Å². The highest BCUT2D eigenvalue weighted by Gasteiger charge is 1.99. The van der Waals surface area contributed by atoms with Crippen LogP contribution in [0.1, 0.15) is 0 Å². The lowest BCUT2D eigenvalue weighted by atomic mass is 10.3. The Morgan fingerprint density at radius 1 is 1.25 bits per heavy atom. The maximum absolute atomic E-state index is 11.1. The van der Waals surface area contributed by atoms with Crippen LogP contribution >= 0.6 is 0 Å². The van der Waals surface area contributed by atoms with Crippen LogP contribution in [-0.2, 0) is 0 Å². The monoisotopic (exact) mass is 220 g/mol. The Balaban J connectivity index is 2.10. The van der Waals surface area contributed by atoms with E-state index in [-0.39, 0.29) is 5.69 Å². The smallest absolute Gasteiger partial charge is 0.323 e. The summed E-state index contributed by atoms with van der Waals surface area (Å²) in [5.74, 6) is 0. The summed E-state index contributed by atoms with van der Waals surface area (Å²) in [5, 5.41) is 3.30. The zero-order chi connectivity index (χ0) is 11.5. The third kappa shape index (κ3) is 2.43. The fraction of sp³-hybridized carbons (Fsp3) is 0.364. The summed E-state index contributed by atoms with van der Waals surface area (Å²) in [6.45, 7) is 1.86. The summed E-state index contributed by atoms with van der Waals surface area (Å²) >= 11 is 0. The highest BCUT2D eigenvalue weighted by molar-refractivity contribution is 5.78. The largest absolute Gasteiger partial charge is 0.384 e. The number of hydrogen-bond acceptors (Lipinski definition) is 3. The van der Waals surface area contributed by atoms with Gasteiger partial charge in [-0.1, -0.05) is 0 Å². The summed E-state index contributed by atoms with van der Waals surface area (Å²) in [6, 6.07) is 5.79. The quantitative estimate of drug-likeness (QED) is 0.715. The molecule has 1 aromatic carbocycles. The molecule has 0 fully saturated rings. The lowest BCUT2D eigenvalue weighted by Crippen LogP contribution is -2.20. The summed E-state index contributed by atoms with van der Waals surface area (Å²) in [6.07, 6.45) is 0. The molecule has 1 aromatic heterocycles. The van der Waals surface area contributed by atoms with E-state index in [1.165, 1.54) is 0 Å². The molecule has 0 radical (unpaired) electrons. The van der Waals surface area contributed by atoms with Crippen molar-refractivity contribution in [2.45, 2.75) is 0 Å². The van der Waals surface area contributed by atoms with Gasteiger partial charge in [0.2, 0.25) is 0 Å². The second kappa shape index (κ2) is 4.40. The maximum atomic E-state index is 11.1. The molecule has 3 N–H and O–H groups in total. The Morgan fingerprint density at radius 3 is 2.75 bits per heavy atom. The van der Waals surface area contributed by atoms with Crippen molar-refractivity contribution in [1.82, 2.24) is 14.9 Å². The number of imidazole rings is 1. The van der Waals surface area contributed by atoms with Crippen LogP contribution in [0.15, 0.2) is 23.0 Å². The Hall–Kier alpha value is -1.75. The van der Waals surface area contributed by atoms with Gasteiger partial charge in [-0.25, -0.2) is 4.79 Å². The van der Waals surface area contributed by atoms with Crippen molar-refractivity contribution in [3.63, 3.8) is 0 Å². The SMILES string of the molecule is CN(C)CCNc1ccc2[nH]c(=O)[nH]c2c1. The first-order valence-corrected chi connectivity index (χ1v) is 5.26. The molecule has 86 valence electrons. The van der Waals surface area contributed by atoms with Gasteiger partial charge in [-0.05, 0) is 32.3 Å². The van der Waals surface area contributed by atoms with Crippen molar-refractivity contribution in [1.29, 1.82) is 0 Å². The van der Waals surface area contributed by atoms with Gasteiger partial charge >= 0.3 is 5.69 Å². The fourth-order valence-electron chi connectivity index (χ4n) is 1.57. The predicted molar refractivity (Wildman–Crippen MR) is 66.0 cm³/mol. The maximum Gasteiger partial charge on any atom is 0.323 e. The first-order chi connectivity index (χ1) is 7.65. The van der Waals surface area contributed by atoms with E-state index in [1.54, 1.807) is 0 Å². The highest BCUT2D eigenvalue weighted by atomic mass is 16.1. The van der Waals surface area contributed by atoms with Crippen LogP contribution in [-0.4, -0.2) is 42.1 Å². The lowest BCUT2D eigenvalue weighted by Gasteiger charge is -2.11. The minimum atomic E-state index is -0.166. The molecule has 0 amide bonds. The number of H-pyrrole nitrogens is 2.